The predicted octanol–water partition coefficient (Wildman–Crippen LogP) is 1.05. The number of carbonyl (C=O) groups is 2. The molecule has 0 aliphatic carbocycles. The summed E-state index contributed by atoms with van der Waals surface area (Å²) >= 11 is 5.58. The molecule has 8 heteroatoms. The van der Waals surface area contributed by atoms with Crippen molar-refractivity contribution in [1.29, 1.82) is 0 Å². The molecule has 0 radical (unpaired) electrons. The number of hydrogen-bond donors (Lipinski definition) is 3. The van der Waals surface area contributed by atoms with E-state index >= 15 is 0 Å². The first-order valence-electron chi connectivity index (χ1n) is 5.23. The third kappa shape index (κ3) is 4.46. The summed E-state index contributed by atoms with van der Waals surface area (Å²) in [6, 6.07) is 1.34. The van der Waals surface area contributed by atoms with E-state index in [1.54, 1.807) is 0 Å². The van der Waals surface area contributed by atoms with Crippen LogP contribution in [0.25, 0.3) is 0 Å². The van der Waals surface area contributed by atoms with Crippen molar-refractivity contribution in [3.05, 3.63) is 28.8 Å². The van der Waals surface area contributed by atoms with Gasteiger partial charge in [0.15, 0.2) is 11.6 Å². The fourth-order valence-corrected chi connectivity index (χ4v) is 1.32. The van der Waals surface area contributed by atoms with Crippen LogP contribution in [0.4, 0.5) is 14.5 Å². The van der Waals surface area contributed by atoms with E-state index < -0.39 is 29.6 Å². The molecule has 0 bridgehead atoms. The lowest BCUT2D eigenvalue weighted by Crippen LogP contribution is -2.38. The van der Waals surface area contributed by atoms with Gasteiger partial charge in [0.1, 0.15) is 0 Å². The molecule has 0 spiro atoms. The van der Waals surface area contributed by atoms with Gasteiger partial charge in [-0.3, -0.25) is 9.59 Å². The highest BCUT2D eigenvalue weighted by Gasteiger charge is 2.17. The van der Waals surface area contributed by atoms with Crippen LogP contribution in [0.15, 0.2) is 12.1 Å². The zero-order chi connectivity index (χ0) is 14.6. The van der Waals surface area contributed by atoms with Gasteiger partial charge in [-0.1, -0.05) is 11.6 Å². The highest BCUT2D eigenvalue weighted by molar-refractivity contribution is 6.41. The molecule has 1 aromatic rings. The van der Waals surface area contributed by atoms with Gasteiger partial charge >= 0.3 is 11.8 Å². The van der Waals surface area contributed by atoms with Crippen molar-refractivity contribution in [2.45, 2.75) is 13.0 Å². The summed E-state index contributed by atoms with van der Waals surface area (Å²) in [5.41, 5.74) is -0.224. The summed E-state index contributed by atoms with van der Waals surface area (Å²) in [6.45, 7) is 1.31. The van der Waals surface area contributed by atoms with Crippen LogP contribution >= 0.6 is 11.6 Å². The summed E-state index contributed by atoms with van der Waals surface area (Å²) in [7, 11) is 0. The number of hydrogen-bond acceptors (Lipinski definition) is 3. The number of anilines is 1. The van der Waals surface area contributed by atoms with Gasteiger partial charge < -0.3 is 15.7 Å². The van der Waals surface area contributed by atoms with Gasteiger partial charge in [0.25, 0.3) is 0 Å². The Kier molecular flexibility index (Phi) is 5.20. The molecule has 3 N–H and O–H groups in total. The van der Waals surface area contributed by atoms with Gasteiger partial charge in [0.2, 0.25) is 0 Å². The molecule has 104 valence electrons. The zero-order valence-corrected chi connectivity index (χ0v) is 10.6. The van der Waals surface area contributed by atoms with Crippen LogP contribution in [0.2, 0.25) is 5.02 Å². The van der Waals surface area contributed by atoms with Crippen molar-refractivity contribution in [2.24, 2.45) is 0 Å². The third-order valence-electron chi connectivity index (χ3n) is 2.02. The smallest absolute Gasteiger partial charge is 0.313 e. The lowest BCUT2D eigenvalue weighted by molar-refractivity contribution is -0.136. The molecule has 1 aromatic carbocycles. The fourth-order valence-electron chi connectivity index (χ4n) is 1.12. The summed E-state index contributed by atoms with van der Waals surface area (Å²) < 4.78 is 25.7. The quantitative estimate of drug-likeness (QED) is 0.576. The van der Waals surface area contributed by atoms with Crippen molar-refractivity contribution in [1.82, 2.24) is 5.32 Å². The third-order valence-corrected chi connectivity index (χ3v) is 2.34. The van der Waals surface area contributed by atoms with Gasteiger partial charge in [0.05, 0.1) is 16.8 Å². The number of aliphatic hydroxyl groups excluding tert-OH is 1. The second-order valence-electron chi connectivity index (χ2n) is 3.76. The largest absolute Gasteiger partial charge is 0.392 e. The SMILES string of the molecule is CC(O)CNC(=O)C(=O)Nc1cc(F)c(F)cc1Cl. The lowest BCUT2D eigenvalue weighted by Gasteiger charge is -2.09. The first kappa shape index (κ1) is 15.3. The highest BCUT2D eigenvalue weighted by atomic mass is 35.5. The maximum Gasteiger partial charge on any atom is 0.313 e. The molecule has 5 nitrogen and oxygen atoms in total. The van der Waals surface area contributed by atoms with Crippen molar-refractivity contribution in [3.8, 4) is 0 Å². The van der Waals surface area contributed by atoms with Gasteiger partial charge in [0, 0.05) is 12.6 Å². The molecule has 0 aromatic heterocycles. The Hall–Kier alpha value is -1.73. The van der Waals surface area contributed by atoms with Gasteiger partial charge in [-0.15, -0.1) is 0 Å². The highest BCUT2D eigenvalue weighted by Crippen LogP contribution is 2.24. The molecule has 0 fully saturated rings. The van der Waals surface area contributed by atoms with E-state index in [1.165, 1.54) is 6.92 Å². The maximum absolute atomic E-state index is 12.9. The average Bonchev–Trinajstić information content (AvgIpc) is 2.32. The Balaban J connectivity index is 2.72. The number of halogens is 3. The summed E-state index contributed by atoms with van der Waals surface area (Å²) in [6.07, 6.45) is -0.816. The summed E-state index contributed by atoms with van der Waals surface area (Å²) in [4.78, 5) is 22.7. The standard InChI is InChI=1S/C11H11ClF2N2O3/c1-5(17)4-15-10(18)11(19)16-9-3-8(14)7(13)2-6(9)12/h2-3,5,17H,4H2,1H3,(H,15,18)(H,16,19). The van der Waals surface area contributed by atoms with Gasteiger partial charge in [-0.05, 0) is 13.0 Å². The molecule has 1 rings (SSSR count). The van der Waals surface area contributed by atoms with E-state index in [0.29, 0.717) is 12.1 Å². The van der Waals surface area contributed by atoms with Crippen LogP contribution in [0.1, 0.15) is 6.92 Å². The van der Waals surface area contributed by atoms with Crippen LogP contribution in [0.5, 0.6) is 0 Å². The van der Waals surface area contributed by atoms with Crippen LogP contribution in [-0.2, 0) is 9.59 Å². The minimum absolute atomic E-state index is 0.113. The van der Waals surface area contributed by atoms with Gasteiger partial charge in [-0.2, -0.15) is 0 Å². The average molecular weight is 293 g/mol. The molecular formula is C11H11ClF2N2O3. The number of aliphatic hydroxyl groups is 1. The van der Waals surface area contributed by atoms with Crippen molar-refractivity contribution in [3.63, 3.8) is 0 Å². The minimum atomic E-state index is -1.20. The number of rotatable bonds is 3. The number of carbonyl (C=O) groups excluding carboxylic acids is 2. The van der Waals surface area contributed by atoms with E-state index in [-0.39, 0.29) is 17.3 Å². The van der Waals surface area contributed by atoms with Crippen LogP contribution < -0.4 is 10.6 Å². The molecule has 19 heavy (non-hydrogen) atoms. The molecule has 2 amide bonds. The first-order valence-corrected chi connectivity index (χ1v) is 5.61. The molecule has 1 atom stereocenters. The number of benzene rings is 1. The van der Waals surface area contributed by atoms with E-state index in [1.807, 2.05) is 5.32 Å². The van der Waals surface area contributed by atoms with Crippen molar-refractivity contribution >= 4 is 29.1 Å². The van der Waals surface area contributed by atoms with E-state index in [0.717, 1.165) is 0 Å². The Bertz CT molecular complexity index is 509. The topological polar surface area (TPSA) is 78.4 Å². The summed E-state index contributed by atoms with van der Waals surface area (Å²) in [5.74, 6) is -4.50. The van der Waals surface area contributed by atoms with E-state index in [9.17, 15) is 18.4 Å². The summed E-state index contributed by atoms with van der Waals surface area (Å²) in [5, 5.41) is 12.9. The molecule has 0 saturated carbocycles. The molecule has 0 aliphatic rings. The number of amides is 2. The Morgan fingerprint density at radius 3 is 2.47 bits per heavy atom. The second kappa shape index (κ2) is 6.44. The number of nitrogens with one attached hydrogen (secondary N) is 2. The normalized spacial score (nSPS) is 11.8. The monoisotopic (exact) mass is 292 g/mol. The van der Waals surface area contributed by atoms with Gasteiger partial charge in [-0.25, -0.2) is 8.78 Å². The molecule has 0 saturated heterocycles. The Morgan fingerprint density at radius 1 is 1.32 bits per heavy atom. The fraction of sp³-hybridized carbons (Fsp3) is 0.273. The van der Waals surface area contributed by atoms with Crippen LogP contribution in [-0.4, -0.2) is 29.6 Å². The van der Waals surface area contributed by atoms with E-state index in [4.69, 9.17) is 16.7 Å². The molecular weight excluding hydrogens is 282 g/mol. The maximum atomic E-state index is 12.9. The Morgan fingerprint density at radius 2 is 1.89 bits per heavy atom. The minimum Gasteiger partial charge on any atom is -0.392 e. The molecule has 0 aliphatic heterocycles. The second-order valence-corrected chi connectivity index (χ2v) is 4.17. The Labute approximate surface area is 112 Å². The van der Waals surface area contributed by atoms with Crippen LogP contribution in [0, 0.1) is 11.6 Å². The van der Waals surface area contributed by atoms with E-state index in [2.05, 4.69) is 5.32 Å². The predicted molar refractivity (Wildman–Crippen MR) is 64.7 cm³/mol. The van der Waals surface area contributed by atoms with Crippen molar-refractivity contribution in [2.75, 3.05) is 11.9 Å². The lowest BCUT2D eigenvalue weighted by atomic mass is 10.3. The molecule has 1 unspecified atom stereocenters. The molecule has 0 heterocycles. The zero-order valence-electron chi connectivity index (χ0n) is 9.84. The van der Waals surface area contributed by atoms with Crippen LogP contribution in [0.3, 0.4) is 0 Å². The van der Waals surface area contributed by atoms with Crippen molar-refractivity contribution < 1.29 is 23.5 Å². The first-order chi connectivity index (χ1) is 8.81.